The molecule has 104 valence electrons. The van der Waals surface area contributed by atoms with E-state index in [0.717, 1.165) is 36.3 Å². The lowest BCUT2D eigenvalue weighted by Gasteiger charge is -2.17. The van der Waals surface area contributed by atoms with Crippen LogP contribution in [0.3, 0.4) is 0 Å². The third kappa shape index (κ3) is 2.60. The summed E-state index contributed by atoms with van der Waals surface area (Å²) >= 11 is 0. The van der Waals surface area contributed by atoms with Crippen molar-refractivity contribution in [3.05, 3.63) is 54.7 Å². The quantitative estimate of drug-likeness (QED) is 0.746. The largest absolute Gasteiger partial charge is 0.468 e. The molecular formula is C16H19N3O. The second-order valence-electron chi connectivity index (χ2n) is 4.91. The Bertz CT molecular complexity index is 657. The summed E-state index contributed by atoms with van der Waals surface area (Å²) in [5, 5.41) is 3.53. The van der Waals surface area contributed by atoms with Gasteiger partial charge in [0.15, 0.2) is 0 Å². The Labute approximate surface area is 118 Å². The number of fused-ring (bicyclic) bond motifs is 1. The predicted molar refractivity (Wildman–Crippen MR) is 79.5 cm³/mol. The van der Waals surface area contributed by atoms with Crippen LogP contribution in [0.4, 0.5) is 0 Å². The Morgan fingerprint density at radius 3 is 2.95 bits per heavy atom. The zero-order valence-electron chi connectivity index (χ0n) is 11.6. The SMILES string of the molecule is CCCNC(Cn1cnc2ccccc21)c1ccco1. The smallest absolute Gasteiger partial charge is 0.122 e. The van der Waals surface area contributed by atoms with Gasteiger partial charge in [-0.05, 0) is 37.2 Å². The molecule has 2 heterocycles. The van der Waals surface area contributed by atoms with Gasteiger partial charge in [0.05, 0.1) is 29.7 Å². The molecule has 4 heteroatoms. The highest BCUT2D eigenvalue weighted by Gasteiger charge is 2.15. The van der Waals surface area contributed by atoms with E-state index in [2.05, 4.69) is 27.9 Å². The Balaban J connectivity index is 1.85. The summed E-state index contributed by atoms with van der Waals surface area (Å²) in [7, 11) is 0. The molecule has 0 radical (unpaired) electrons. The fourth-order valence-corrected chi connectivity index (χ4v) is 2.42. The Kier molecular flexibility index (Phi) is 3.83. The van der Waals surface area contributed by atoms with Crippen LogP contribution in [0.15, 0.2) is 53.4 Å². The average molecular weight is 269 g/mol. The molecule has 0 spiro atoms. The molecule has 0 saturated carbocycles. The first-order valence-corrected chi connectivity index (χ1v) is 7.05. The Morgan fingerprint density at radius 2 is 2.15 bits per heavy atom. The fourth-order valence-electron chi connectivity index (χ4n) is 2.42. The molecule has 3 aromatic rings. The van der Waals surface area contributed by atoms with Crippen LogP contribution in [0.25, 0.3) is 11.0 Å². The summed E-state index contributed by atoms with van der Waals surface area (Å²) in [6.45, 7) is 3.95. The van der Waals surface area contributed by atoms with Gasteiger partial charge in [0, 0.05) is 6.54 Å². The van der Waals surface area contributed by atoms with E-state index in [-0.39, 0.29) is 6.04 Å². The third-order valence-corrected chi connectivity index (χ3v) is 3.43. The molecule has 0 aliphatic rings. The Morgan fingerprint density at radius 1 is 1.25 bits per heavy atom. The molecule has 1 N–H and O–H groups in total. The van der Waals surface area contributed by atoms with Gasteiger partial charge in [-0.1, -0.05) is 19.1 Å². The molecule has 0 aliphatic heterocycles. The molecule has 0 amide bonds. The van der Waals surface area contributed by atoms with E-state index in [0.29, 0.717) is 0 Å². The van der Waals surface area contributed by atoms with E-state index in [9.17, 15) is 0 Å². The number of aromatic nitrogens is 2. The summed E-state index contributed by atoms with van der Waals surface area (Å²) in [5.74, 6) is 0.969. The lowest BCUT2D eigenvalue weighted by Crippen LogP contribution is -2.25. The highest BCUT2D eigenvalue weighted by Crippen LogP contribution is 2.19. The van der Waals surface area contributed by atoms with E-state index in [1.165, 1.54) is 0 Å². The maximum absolute atomic E-state index is 5.56. The number of nitrogens with one attached hydrogen (secondary N) is 1. The van der Waals surface area contributed by atoms with Crippen molar-refractivity contribution in [3.8, 4) is 0 Å². The van der Waals surface area contributed by atoms with Crippen LogP contribution in [0.5, 0.6) is 0 Å². The molecule has 1 atom stereocenters. The molecule has 0 fully saturated rings. The number of nitrogens with zero attached hydrogens (tertiary/aromatic N) is 2. The number of furan rings is 1. The summed E-state index contributed by atoms with van der Waals surface area (Å²) in [5.41, 5.74) is 2.18. The van der Waals surface area contributed by atoms with Gasteiger partial charge >= 0.3 is 0 Å². The predicted octanol–water partition coefficient (Wildman–Crippen LogP) is 3.37. The van der Waals surface area contributed by atoms with Crippen molar-refractivity contribution in [2.24, 2.45) is 0 Å². The first kappa shape index (κ1) is 12.9. The maximum Gasteiger partial charge on any atom is 0.122 e. The number of benzene rings is 1. The van der Waals surface area contributed by atoms with Crippen LogP contribution >= 0.6 is 0 Å². The van der Waals surface area contributed by atoms with E-state index in [1.807, 2.05) is 36.7 Å². The van der Waals surface area contributed by atoms with Gasteiger partial charge < -0.3 is 14.3 Å². The number of para-hydroxylation sites is 2. The lowest BCUT2D eigenvalue weighted by atomic mass is 10.2. The van der Waals surface area contributed by atoms with Gasteiger partial charge in [-0.15, -0.1) is 0 Å². The van der Waals surface area contributed by atoms with Crippen molar-refractivity contribution in [1.82, 2.24) is 14.9 Å². The Hall–Kier alpha value is -2.07. The lowest BCUT2D eigenvalue weighted by molar-refractivity contribution is 0.380. The first-order valence-electron chi connectivity index (χ1n) is 7.05. The molecule has 1 unspecified atom stereocenters. The highest BCUT2D eigenvalue weighted by molar-refractivity contribution is 5.74. The van der Waals surface area contributed by atoms with Gasteiger partial charge in [-0.25, -0.2) is 4.98 Å². The fraction of sp³-hybridized carbons (Fsp3) is 0.312. The van der Waals surface area contributed by atoms with Crippen LogP contribution in [-0.2, 0) is 6.54 Å². The molecule has 2 aromatic heterocycles. The molecule has 0 saturated heterocycles. The van der Waals surface area contributed by atoms with Crippen LogP contribution in [0, 0.1) is 0 Å². The van der Waals surface area contributed by atoms with E-state index < -0.39 is 0 Å². The maximum atomic E-state index is 5.56. The summed E-state index contributed by atoms with van der Waals surface area (Å²) in [4.78, 5) is 4.44. The van der Waals surface area contributed by atoms with Crippen molar-refractivity contribution in [3.63, 3.8) is 0 Å². The van der Waals surface area contributed by atoms with Crippen LogP contribution in [-0.4, -0.2) is 16.1 Å². The van der Waals surface area contributed by atoms with Gasteiger partial charge in [0.1, 0.15) is 5.76 Å². The first-order chi connectivity index (χ1) is 9.88. The number of hydrogen-bond donors (Lipinski definition) is 1. The van der Waals surface area contributed by atoms with Crippen molar-refractivity contribution in [1.29, 1.82) is 0 Å². The topological polar surface area (TPSA) is 43.0 Å². The zero-order valence-corrected chi connectivity index (χ0v) is 11.6. The summed E-state index contributed by atoms with van der Waals surface area (Å²) in [6, 6.07) is 12.3. The van der Waals surface area contributed by atoms with Crippen molar-refractivity contribution < 1.29 is 4.42 Å². The average Bonchev–Trinajstić information content (AvgIpc) is 3.13. The van der Waals surface area contributed by atoms with E-state index in [4.69, 9.17) is 4.42 Å². The normalized spacial score (nSPS) is 12.8. The minimum absolute atomic E-state index is 0.169. The van der Waals surface area contributed by atoms with Gasteiger partial charge in [-0.2, -0.15) is 0 Å². The summed E-state index contributed by atoms with van der Waals surface area (Å²) in [6.07, 6.45) is 4.72. The van der Waals surface area contributed by atoms with Gasteiger partial charge in [-0.3, -0.25) is 0 Å². The molecule has 1 aromatic carbocycles. The monoisotopic (exact) mass is 269 g/mol. The minimum atomic E-state index is 0.169. The number of imidazole rings is 1. The highest BCUT2D eigenvalue weighted by atomic mass is 16.3. The summed E-state index contributed by atoms with van der Waals surface area (Å²) < 4.78 is 7.73. The van der Waals surface area contributed by atoms with Gasteiger partial charge in [0.25, 0.3) is 0 Å². The third-order valence-electron chi connectivity index (χ3n) is 3.43. The molecule has 0 aliphatic carbocycles. The minimum Gasteiger partial charge on any atom is -0.468 e. The van der Waals surface area contributed by atoms with Crippen molar-refractivity contribution >= 4 is 11.0 Å². The molecule has 0 bridgehead atoms. The molecule has 4 nitrogen and oxygen atoms in total. The van der Waals surface area contributed by atoms with Gasteiger partial charge in [0.2, 0.25) is 0 Å². The standard InChI is InChI=1S/C16H19N3O/c1-2-9-17-14(16-8-5-10-20-16)11-19-12-18-13-6-3-4-7-15(13)19/h3-8,10,12,14,17H,2,9,11H2,1H3. The van der Waals surface area contributed by atoms with Crippen LogP contribution < -0.4 is 5.32 Å². The molecule has 20 heavy (non-hydrogen) atoms. The molecule has 3 rings (SSSR count). The van der Waals surface area contributed by atoms with Crippen molar-refractivity contribution in [2.75, 3.05) is 6.54 Å². The van der Waals surface area contributed by atoms with Crippen LogP contribution in [0.2, 0.25) is 0 Å². The number of rotatable bonds is 6. The zero-order chi connectivity index (χ0) is 13.8. The van der Waals surface area contributed by atoms with E-state index in [1.54, 1.807) is 6.26 Å². The number of hydrogen-bond acceptors (Lipinski definition) is 3. The van der Waals surface area contributed by atoms with Crippen LogP contribution in [0.1, 0.15) is 25.1 Å². The molecular weight excluding hydrogens is 250 g/mol. The van der Waals surface area contributed by atoms with E-state index >= 15 is 0 Å². The van der Waals surface area contributed by atoms with Crippen molar-refractivity contribution in [2.45, 2.75) is 25.9 Å². The second kappa shape index (κ2) is 5.92. The second-order valence-corrected chi connectivity index (χ2v) is 4.91.